The molecule has 0 amide bonds. The third kappa shape index (κ3) is 3.98. The smallest absolute Gasteiger partial charge is 0.195 e. The molecular weight excluding hydrogens is 462 g/mol. The number of anilines is 1. The number of carbonyl (C=O) groups excluding carboxylic acids is 1. The van der Waals surface area contributed by atoms with E-state index >= 15 is 0 Å². The maximum absolute atomic E-state index is 12.9. The van der Waals surface area contributed by atoms with Crippen LogP contribution in [0.1, 0.15) is 10.4 Å². The molecule has 0 spiro atoms. The van der Waals surface area contributed by atoms with Gasteiger partial charge in [-0.3, -0.25) is 4.79 Å². The van der Waals surface area contributed by atoms with Gasteiger partial charge >= 0.3 is 0 Å². The van der Waals surface area contributed by atoms with E-state index in [9.17, 15) is 13.2 Å². The zero-order valence-corrected chi connectivity index (χ0v) is 18.1. The number of Topliss-reactive ketones (excluding diaryl/α,β-unsaturated/α-hetero) is 1. The number of ketones is 1. The summed E-state index contributed by atoms with van der Waals surface area (Å²) in [5.41, 5.74) is 0.385. The summed E-state index contributed by atoms with van der Waals surface area (Å²) in [6.07, 6.45) is 1.71. The Hall–Kier alpha value is -1.81. The van der Waals surface area contributed by atoms with E-state index in [2.05, 4.69) is 31.1 Å². The standard InChI is InChI=1S/C19H18BrN3O3S2/c20-14-3-1-13(2-4-14)16(24)12-28(25,26)18-11-15-17(27-18)5-6-22-19(15)23-9-7-21-8-10-23/h1-6,11,21H,7-10,12H2. The van der Waals surface area contributed by atoms with Gasteiger partial charge in [-0.05, 0) is 24.3 Å². The van der Waals surface area contributed by atoms with Crippen molar-refractivity contribution in [2.75, 3.05) is 36.8 Å². The Morgan fingerprint density at radius 3 is 2.61 bits per heavy atom. The SMILES string of the molecule is O=C(CS(=O)(=O)c1cc2c(N3CCNCC3)nccc2s1)c1ccc(Br)cc1. The van der Waals surface area contributed by atoms with E-state index in [1.807, 2.05) is 6.07 Å². The van der Waals surface area contributed by atoms with Crippen LogP contribution in [-0.4, -0.2) is 51.1 Å². The van der Waals surface area contributed by atoms with Crippen LogP contribution >= 0.6 is 27.3 Å². The van der Waals surface area contributed by atoms with Crippen molar-refractivity contribution in [3.8, 4) is 0 Å². The van der Waals surface area contributed by atoms with E-state index in [1.54, 1.807) is 36.5 Å². The summed E-state index contributed by atoms with van der Waals surface area (Å²) in [5, 5.41) is 4.12. The summed E-state index contributed by atoms with van der Waals surface area (Å²) in [4.78, 5) is 19.1. The molecule has 1 aliphatic rings. The number of carbonyl (C=O) groups is 1. The Bertz CT molecular complexity index is 1120. The van der Waals surface area contributed by atoms with Gasteiger partial charge in [-0.1, -0.05) is 28.1 Å². The summed E-state index contributed by atoms with van der Waals surface area (Å²) in [5.74, 6) is -0.154. The first-order chi connectivity index (χ1) is 13.4. The maximum atomic E-state index is 12.9. The van der Waals surface area contributed by atoms with Crippen LogP contribution in [0.2, 0.25) is 0 Å². The number of rotatable bonds is 5. The van der Waals surface area contributed by atoms with Crippen LogP contribution in [0.3, 0.4) is 0 Å². The second-order valence-electron chi connectivity index (χ2n) is 6.54. The molecule has 3 heterocycles. The minimum atomic E-state index is -3.73. The number of sulfone groups is 1. The highest BCUT2D eigenvalue weighted by Crippen LogP contribution is 2.35. The van der Waals surface area contributed by atoms with Crippen molar-refractivity contribution in [1.29, 1.82) is 0 Å². The minimum absolute atomic E-state index is 0.206. The first-order valence-electron chi connectivity index (χ1n) is 8.80. The molecule has 1 saturated heterocycles. The van der Waals surface area contributed by atoms with Crippen LogP contribution < -0.4 is 10.2 Å². The molecule has 0 saturated carbocycles. The van der Waals surface area contributed by atoms with Crippen molar-refractivity contribution in [2.45, 2.75) is 4.21 Å². The van der Waals surface area contributed by atoms with Gasteiger partial charge in [0.25, 0.3) is 0 Å². The fourth-order valence-electron chi connectivity index (χ4n) is 3.17. The van der Waals surface area contributed by atoms with Gasteiger partial charge in [0, 0.05) is 52.5 Å². The molecule has 1 aromatic carbocycles. The molecule has 4 rings (SSSR count). The van der Waals surface area contributed by atoms with Crippen molar-refractivity contribution in [3.63, 3.8) is 0 Å². The Morgan fingerprint density at radius 1 is 1.18 bits per heavy atom. The molecular formula is C19H18BrN3O3S2. The highest BCUT2D eigenvalue weighted by Gasteiger charge is 2.24. The Balaban J connectivity index is 1.64. The number of benzene rings is 1. The third-order valence-corrected chi connectivity index (χ3v) is 8.42. The van der Waals surface area contributed by atoms with Gasteiger partial charge in [0.1, 0.15) is 15.8 Å². The molecule has 0 unspecified atom stereocenters. The summed E-state index contributed by atoms with van der Waals surface area (Å²) < 4.78 is 27.7. The fraction of sp³-hybridized carbons (Fsp3) is 0.263. The molecule has 146 valence electrons. The fourth-order valence-corrected chi connectivity index (χ4v) is 6.12. The molecule has 0 aliphatic carbocycles. The van der Waals surface area contributed by atoms with E-state index in [0.29, 0.717) is 5.56 Å². The molecule has 0 radical (unpaired) electrons. The maximum Gasteiger partial charge on any atom is 0.195 e. The minimum Gasteiger partial charge on any atom is -0.354 e. The lowest BCUT2D eigenvalue weighted by atomic mass is 10.2. The predicted molar refractivity (Wildman–Crippen MR) is 115 cm³/mol. The normalized spacial score (nSPS) is 15.1. The molecule has 1 aliphatic heterocycles. The van der Waals surface area contributed by atoms with Gasteiger partial charge in [0.15, 0.2) is 15.6 Å². The van der Waals surface area contributed by atoms with Crippen LogP contribution in [0.5, 0.6) is 0 Å². The van der Waals surface area contributed by atoms with Crippen LogP contribution in [0, 0.1) is 0 Å². The number of aromatic nitrogens is 1. The Morgan fingerprint density at radius 2 is 1.89 bits per heavy atom. The largest absolute Gasteiger partial charge is 0.354 e. The van der Waals surface area contributed by atoms with E-state index in [-0.39, 0.29) is 4.21 Å². The van der Waals surface area contributed by atoms with Crippen molar-refractivity contribution in [1.82, 2.24) is 10.3 Å². The van der Waals surface area contributed by atoms with Crippen molar-refractivity contribution < 1.29 is 13.2 Å². The Labute approximate surface area is 175 Å². The van der Waals surface area contributed by atoms with Gasteiger partial charge in [-0.15, -0.1) is 11.3 Å². The quantitative estimate of drug-likeness (QED) is 0.566. The first-order valence-corrected chi connectivity index (χ1v) is 12.1. The number of hydrogen-bond donors (Lipinski definition) is 1. The van der Waals surface area contributed by atoms with Crippen molar-refractivity contribution >= 4 is 58.8 Å². The zero-order chi connectivity index (χ0) is 19.7. The second-order valence-corrected chi connectivity index (χ2v) is 10.8. The number of piperazine rings is 1. The van der Waals surface area contributed by atoms with E-state index < -0.39 is 21.4 Å². The average molecular weight is 480 g/mol. The van der Waals surface area contributed by atoms with Crippen LogP contribution in [-0.2, 0) is 9.84 Å². The number of halogens is 1. The third-order valence-electron chi connectivity index (χ3n) is 4.61. The van der Waals surface area contributed by atoms with E-state index in [0.717, 1.165) is 46.6 Å². The number of hydrogen-bond acceptors (Lipinski definition) is 7. The molecule has 2 aromatic heterocycles. The summed E-state index contributed by atoms with van der Waals surface area (Å²) in [7, 11) is -3.73. The van der Waals surface area contributed by atoms with Gasteiger partial charge in [-0.25, -0.2) is 13.4 Å². The van der Waals surface area contributed by atoms with E-state index in [4.69, 9.17) is 0 Å². The number of nitrogens with one attached hydrogen (secondary N) is 1. The topological polar surface area (TPSA) is 79.4 Å². The van der Waals surface area contributed by atoms with Crippen LogP contribution in [0.15, 0.2) is 51.3 Å². The summed E-state index contributed by atoms with van der Waals surface area (Å²) in [6, 6.07) is 10.2. The predicted octanol–water partition coefficient (Wildman–Crippen LogP) is 3.13. The summed E-state index contributed by atoms with van der Waals surface area (Å²) in [6.45, 7) is 3.39. The zero-order valence-electron chi connectivity index (χ0n) is 14.9. The number of pyridine rings is 1. The van der Waals surface area contributed by atoms with Gasteiger partial charge in [-0.2, -0.15) is 0 Å². The molecule has 1 fully saturated rings. The number of thiophene rings is 1. The summed E-state index contributed by atoms with van der Waals surface area (Å²) >= 11 is 4.50. The molecule has 6 nitrogen and oxygen atoms in total. The molecule has 0 bridgehead atoms. The van der Waals surface area contributed by atoms with Crippen LogP contribution in [0.25, 0.3) is 10.1 Å². The highest BCUT2D eigenvalue weighted by atomic mass is 79.9. The molecule has 3 aromatic rings. The monoisotopic (exact) mass is 479 g/mol. The molecule has 9 heteroatoms. The van der Waals surface area contributed by atoms with Gasteiger partial charge < -0.3 is 10.2 Å². The number of fused-ring (bicyclic) bond motifs is 1. The van der Waals surface area contributed by atoms with Gasteiger partial charge in [0.05, 0.1) is 0 Å². The van der Waals surface area contributed by atoms with Crippen molar-refractivity contribution in [3.05, 3.63) is 52.6 Å². The average Bonchev–Trinajstić information content (AvgIpc) is 3.14. The van der Waals surface area contributed by atoms with Crippen molar-refractivity contribution in [2.24, 2.45) is 0 Å². The van der Waals surface area contributed by atoms with E-state index in [1.165, 1.54) is 11.3 Å². The molecule has 1 N–H and O–H groups in total. The lowest BCUT2D eigenvalue weighted by Gasteiger charge is -2.28. The highest BCUT2D eigenvalue weighted by molar-refractivity contribution is 9.10. The Kier molecular flexibility index (Phi) is 5.50. The molecule has 0 atom stereocenters. The second kappa shape index (κ2) is 7.90. The lowest BCUT2D eigenvalue weighted by Crippen LogP contribution is -2.43. The lowest BCUT2D eigenvalue weighted by molar-refractivity contribution is 0.102. The van der Waals surface area contributed by atoms with Crippen LogP contribution in [0.4, 0.5) is 5.82 Å². The van der Waals surface area contributed by atoms with Gasteiger partial charge in [0.2, 0.25) is 0 Å². The molecule has 28 heavy (non-hydrogen) atoms. The first kappa shape index (κ1) is 19.5. The number of nitrogens with zero attached hydrogens (tertiary/aromatic N) is 2.